The molecule has 0 aliphatic rings. The van der Waals surface area contributed by atoms with Crippen LogP contribution in [-0.4, -0.2) is 68.3 Å². The van der Waals surface area contributed by atoms with E-state index in [0.29, 0.717) is 13.0 Å². The SMILES string of the molecule is CCCCC/C=C\C/C=C\CCCCCCCC(=O)OCC(COP(=O)(O)OCCN(C)C)OC(=O)CCCCCCCCCCC/C=C\CCCCCCCC. The van der Waals surface area contributed by atoms with Crippen molar-refractivity contribution in [3.05, 3.63) is 36.5 Å². The summed E-state index contributed by atoms with van der Waals surface area (Å²) < 4.78 is 33.5. The normalized spacial score (nSPS) is 13.6. The van der Waals surface area contributed by atoms with Crippen LogP contribution >= 0.6 is 7.82 Å². The summed E-state index contributed by atoms with van der Waals surface area (Å²) in [7, 11) is -0.718. The maximum Gasteiger partial charge on any atom is 0.472 e. The van der Waals surface area contributed by atoms with Gasteiger partial charge in [-0.15, -0.1) is 0 Å². The number of phosphoric acid groups is 1. The number of likely N-dealkylation sites (N-methyl/N-ethyl adjacent to an activating group) is 1. The Hall–Kier alpha value is -1.77. The summed E-state index contributed by atoms with van der Waals surface area (Å²) in [6, 6.07) is 0. The van der Waals surface area contributed by atoms with Crippen molar-refractivity contribution in [2.75, 3.05) is 40.5 Å². The molecular formula is C47H88NO8P. The van der Waals surface area contributed by atoms with Crippen LogP contribution in [0.5, 0.6) is 0 Å². The van der Waals surface area contributed by atoms with Crippen LogP contribution in [0, 0.1) is 0 Å². The highest BCUT2D eigenvalue weighted by Crippen LogP contribution is 2.43. The lowest BCUT2D eigenvalue weighted by atomic mass is 10.1. The topological polar surface area (TPSA) is 112 Å². The number of hydrogen-bond donors (Lipinski definition) is 1. The van der Waals surface area contributed by atoms with Crippen LogP contribution in [0.15, 0.2) is 36.5 Å². The molecule has 0 rings (SSSR count). The Morgan fingerprint density at radius 1 is 0.544 bits per heavy atom. The molecule has 0 aromatic rings. The van der Waals surface area contributed by atoms with Crippen molar-refractivity contribution < 1.29 is 37.6 Å². The van der Waals surface area contributed by atoms with Gasteiger partial charge in [-0.25, -0.2) is 4.57 Å². The molecule has 0 saturated heterocycles. The molecule has 0 aliphatic heterocycles. The molecule has 10 heteroatoms. The molecule has 2 unspecified atom stereocenters. The van der Waals surface area contributed by atoms with Crippen molar-refractivity contribution in [2.24, 2.45) is 0 Å². The molecule has 0 aliphatic carbocycles. The number of esters is 2. The van der Waals surface area contributed by atoms with Crippen LogP contribution in [-0.2, 0) is 32.7 Å². The molecule has 1 N–H and O–H groups in total. The largest absolute Gasteiger partial charge is 0.472 e. The Morgan fingerprint density at radius 2 is 0.947 bits per heavy atom. The fourth-order valence-electron chi connectivity index (χ4n) is 6.30. The van der Waals surface area contributed by atoms with Gasteiger partial charge in [0.1, 0.15) is 6.61 Å². The van der Waals surface area contributed by atoms with Crippen LogP contribution in [0.4, 0.5) is 0 Å². The van der Waals surface area contributed by atoms with Gasteiger partial charge >= 0.3 is 19.8 Å². The van der Waals surface area contributed by atoms with Gasteiger partial charge in [0.25, 0.3) is 0 Å². The van der Waals surface area contributed by atoms with Gasteiger partial charge in [0.2, 0.25) is 0 Å². The maximum atomic E-state index is 12.7. The molecule has 0 fully saturated rings. The maximum absolute atomic E-state index is 12.7. The lowest BCUT2D eigenvalue weighted by Crippen LogP contribution is -2.29. The molecule has 0 radical (unpaired) electrons. The number of phosphoric ester groups is 1. The molecule has 2 atom stereocenters. The second-order valence-corrected chi connectivity index (χ2v) is 17.4. The highest BCUT2D eigenvalue weighted by molar-refractivity contribution is 7.47. The van der Waals surface area contributed by atoms with E-state index in [-0.39, 0.29) is 32.0 Å². The highest BCUT2D eigenvalue weighted by Gasteiger charge is 2.26. The molecule has 57 heavy (non-hydrogen) atoms. The van der Waals surface area contributed by atoms with Crippen molar-refractivity contribution in [1.82, 2.24) is 4.90 Å². The van der Waals surface area contributed by atoms with Crippen molar-refractivity contribution in [2.45, 2.75) is 213 Å². The molecular weight excluding hydrogens is 737 g/mol. The molecule has 0 saturated carbocycles. The van der Waals surface area contributed by atoms with Crippen LogP contribution in [0.25, 0.3) is 0 Å². The zero-order valence-electron chi connectivity index (χ0n) is 37.3. The minimum atomic E-state index is -4.37. The summed E-state index contributed by atoms with van der Waals surface area (Å²) >= 11 is 0. The number of allylic oxidation sites excluding steroid dienone is 6. The van der Waals surface area contributed by atoms with Crippen LogP contribution in [0.3, 0.4) is 0 Å². The van der Waals surface area contributed by atoms with Gasteiger partial charge in [0.15, 0.2) is 6.10 Å². The number of ether oxygens (including phenoxy) is 2. The van der Waals surface area contributed by atoms with E-state index in [1.54, 1.807) is 0 Å². The lowest BCUT2D eigenvalue weighted by molar-refractivity contribution is -0.161. The molecule has 9 nitrogen and oxygen atoms in total. The molecule has 0 heterocycles. The van der Waals surface area contributed by atoms with Gasteiger partial charge in [-0.2, -0.15) is 0 Å². The van der Waals surface area contributed by atoms with E-state index in [2.05, 4.69) is 50.3 Å². The third-order valence-corrected chi connectivity index (χ3v) is 10.9. The monoisotopic (exact) mass is 826 g/mol. The smallest absolute Gasteiger partial charge is 0.462 e. The minimum absolute atomic E-state index is 0.00473. The first-order valence-corrected chi connectivity index (χ1v) is 24.8. The zero-order chi connectivity index (χ0) is 41.9. The van der Waals surface area contributed by atoms with Gasteiger partial charge in [0.05, 0.1) is 13.2 Å². The molecule has 0 aromatic carbocycles. The Labute approximate surface area is 350 Å². The Morgan fingerprint density at radius 3 is 1.44 bits per heavy atom. The number of rotatable bonds is 43. The average molecular weight is 826 g/mol. The van der Waals surface area contributed by atoms with E-state index in [1.165, 1.54) is 109 Å². The predicted molar refractivity (Wildman–Crippen MR) is 238 cm³/mol. The zero-order valence-corrected chi connectivity index (χ0v) is 38.2. The van der Waals surface area contributed by atoms with Crippen LogP contribution < -0.4 is 0 Å². The van der Waals surface area contributed by atoms with E-state index in [4.69, 9.17) is 18.5 Å². The number of carbonyl (C=O) groups excluding carboxylic acids is 2. The molecule has 0 aromatic heterocycles. The third kappa shape index (κ3) is 43.6. The Bertz CT molecular complexity index is 1050. The lowest BCUT2D eigenvalue weighted by Gasteiger charge is -2.20. The summed E-state index contributed by atoms with van der Waals surface area (Å²) in [5, 5.41) is 0. The molecule has 334 valence electrons. The number of unbranched alkanes of at least 4 members (excludes halogenated alkanes) is 23. The van der Waals surface area contributed by atoms with Crippen molar-refractivity contribution in [3.8, 4) is 0 Å². The Kier molecular flexibility index (Phi) is 41.0. The van der Waals surface area contributed by atoms with E-state index in [9.17, 15) is 19.0 Å². The van der Waals surface area contributed by atoms with E-state index < -0.39 is 26.5 Å². The van der Waals surface area contributed by atoms with Gasteiger partial charge in [-0.3, -0.25) is 18.6 Å². The van der Waals surface area contributed by atoms with Gasteiger partial charge in [0, 0.05) is 19.4 Å². The minimum Gasteiger partial charge on any atom is -0.462 e. The molecule has 0 spiro atoms. The van der Waals surface area contributed by atoms with Gasteiger partial charge < -0.3 is 19.3 Å². The van der Waals surface area contributed by atoms with Gasteiger partial charge in [-0.05, 0) is 84.7 Å². The molecule has 0 bridgehead atoms. The highest BCUT2D eigenvalue weighted by atomic mass is 31.2. The first-order valence-electron chi connectivity index (χ1n) is 23.3. The van der Waals surface area contributed by atoms with Gasteiger partial charge in [-0.1, -0.05) is 159 Å². The first-order chi connectivity index (χ1) is 27.7. The Balaban J connectivity index is 4.26. The van der Waals surface area contributed by atoms with Crippen molar-refractivity contribution in [3.63, 3.8) is 0 Å². The number of nitrogens with zero attached hydrogens (tertiary/aromatic N) is 1. The predicted octanol–water partition coefficient (Wildman–Crippen LogP) is 13.5. The van der Waals surface area contributed by atoms with Crippen molar-refractivity contribution in [1.29, 1.82) is 0 Å². The van der Waals surface area contributed by atoms with E-state index in [1.807, 2.05) is 19.0 Å². The quantitative estimate of drug-likeness (QED) is 0.0278. The van der Waals surface area contributed by atoms with Crippen LogP contribution in [0.1, 0.15) is 206 Å². The van der Waals surface area contributed by atoms with E-state index in [0.717, 1.165) is 64.2 Å². The number of hydrogen-bond acceptors (Lipinski definition) is 8. The summed E-state index contributed by atoms with van der Waals surface area (Å²) in [6.45, 7) is 4.29. The third-order valence-electron chi connectivity index (χ3n) is 9.92. The second-order valence-electron chi connectivity index (χ2n) is 15.9. The molecule has 0 amide bonds. The summed E-state index contributed by atoms with van der Waals surface area (Å²) in [5.41, 5.74) is 0. The van der Waals surface area contributed by atoms with Crippen molar-refractivity contribution >= 4 is 19.8 Å². The van der Waals surface area contributed by atoms with Crippen LogP contribution in [0.2, 0.25) is 0 Å². The fourth-order valence-corrected chi connectivity index (χ4v) is 7.04. The first kappa shape index (κ1) is 55.2. The summed E-state index contributed by atoms with van der Waals surface area (Å²) in [4.78, 5) is 37.1. The summed E-state index contributed by atoms with van der Waals surface area (Å²) in [5.74, 6) is -0.817. The average Bonchev–Trinajstić information content (AvgIpc) is 3.18. The summed E-state index contributed by atoms with van der Waals surface area (Å²) in [6.07, 6.45) is 46.1. The second kappa shape index (κ2) is 42.4. The standard InChI is InChI=1S/C47H88NO8P/c1-5-7-9-11-13-15-17-19-21-22-23-24-26-28-30-32-34-36-38-40-47(50)56-45(44-55-57(51,52)54-42-41-48(3)4)43-53-46(49)39-37-35-33-31-29-27-25-20-18-16-14-12-10-8-6-2/h14,16,19-21,25,45H,5-13,15,17-18,22-24,26-44H2,1-4H3,(H,51,52)/b16-14-,21-19-,25-20-. The fraction of sp³-hybridized carbons (Fsp3) is 0.830. The van der Waals surface area contributed by atoms with E-state index >= 15 is 0 Å². The number of carbonyl (C=O) groups is 2.